The predicted molar refractivity (Wildman–Crippen MR) is 74.5 cm³/mol. The number of rotatable bonds is 1. The van der Waals surface area contributed by atoms with E-state index in [1.807, 2.05) is 18.4 Å². The zero-order chi connectivity index (χ0) is 12.8. The fourth-order valence-corrected chi connectivity index (χ4v) is 3.23. The van der Waals surface area contributed by atoms with E-state index in [4.69, 9.17) is 11.6 Å². The van der Waals surface area contributed by atoms with Crippen LogP contribution in [0.1, 0.15) is 19.8 Å². The highest BCUT2D eigenvalue weighted by Gasteiger charge is 2.28. The van der Waals surface area contributed by atoms with Crippen LogP contribution in [0.5, 0.6) is 0 Å². The highest BCUT2D eigenvalue weighted by Crippen LogP contribution is 2.32. The second-order valence-corrected chi connectivity index (χ2v) is 6.17. The summed E-state index contributed by atoms with van der Waals surface area (Å²) in [5, 5.41) is 13.3. The van der Waals surface area contributed by atoms with Crippen LogP contribution in [0.2, 0.25) is 5.28 Å². The molecule has 0 spiro atoms. The van der Waals surface area contributed by atoms with Crippen molar-refractivity contribution in [1.82, 2.24) is 9.97 Å². The third-order valence-corrected chi connectivity index (χ3v) is 4.39. The number of aromatic nitrogens is 2. The Bertz CT molecular complexity index is 574. The standard InChI is InChI=1S/C12H14ClN3OS/c1-12(17)3-5-16(6-4-12)9-8-2-7-18-10(8)15-11(13)14-9/h2,7,17H,3-6H2,1H3. The van der Waals surface area contributed by atoms with Crippen LogP contribution in [-0.4, -0.2) is 33.8 Å². The Hall–Kier alpha value is -0.910. The molecule has 0 unspecified atom stereocenters. The SMILES string of the molecule is CC1(O)CCN(c2nc(Cl)nc3sccc23)CC1. The average molecular weight is 284 g/mol. The minimum absolute atomic E-state index is 0.289. The number of anilines is 1. The maximum atomic E-state index is 9.98. The normalized spacial score (nSPS) is 19.4. The van der Waals surface area contributed by atoms with Crippen LogP contribution >= 0.6 is 22.9 Å². The lowest BCUT2D eigenvalue weighted by Crippen LogP contribution is -2.42. The van der Waals surface area contributed by atoms with Crippen LogP contribution in [0, 0.1) is 0 Å². The van der Waals surface area contributed by atoms with E-state index in [9.17, 15) is 5.11 Å². The topological polar surface area (TPSA) is 49.2 Å². The van der Waals surface area contributed by atoms with E-state index >= 15 is 0 Å². The van der Waals surface area contributed by atoms with Crippen LogP contribution in [0.25, 0.3) is 10.2 Å². The highest BCUT2D eigenvalue weighted by atomic mass is 35.5. The largest absolute Gasteiger partial charge is 0.390 e. The summed E-state index contributed by atoms with van der Waals surface area (Å²) in [6.45, 7) is 3.48. The van der Waals surface area contributed by atoms with Crippen molar-refractivity contribution in [3.05, 3.63) is 16.7 Å². The van der Waals surface area contributed by atoms with E-state index in [0.717, 1.165) is 42.0 Å². The molecule has 1 saturated heterocycles. The Kier molecular flexibility index (Phi) is 2.92. The van der Waals surface area contributed by atoms with E-state index in [0.29, 0.717) is 0 Å². The van der Waals surface area contributed by atoms with Gasteiger partial charge in [0.15, 0.2) is 0 Å². The van der Waals surface area contributed by atoms with E-state index < -0.39 is 5.60 Å². The molecule has 1 aliphatic heterocycles. The number of halogens is 1. The van der Waals surface area contributed by atoms with Crippen molar-refractivity contribution in [3.8, 4) is 0 Å². The average Bonchev–Trinajstić information content (AvgIpc) is 2.76. The molecule has 18 heavy (non-hydrogen) atoms. The Morgan fingerprint density at radius 2 is 2.11 bits per heavy atom. The molecule has 1 aliphatic rings. The van der Waals surface area contributed by atoms with Gasteiger partial charge in [0.2, 0.25) is 5.28 Å². The summed E-state index contributed by atoms with van der Waals surface area (Å²) in [5.74, 6) is 0.891. The second-order valence-electron chi connectivity index (χ2n) is 4.94. The van der Waals surface area contributed by atoms with Gasteiger partial charge in [-0.2, -0.15) is 4.98 Å². The van der Waals surface area contributed by atoms with Gasteiger partial charge in [0, 0.05) is 13.1 Å². The first-order valence-electron chi connectivity index (χ1n) is 5.93. The van der Waals surface area contributed by atoms with Gasteiger partial charge < -0.3 is 10.0 Å². The molecule has 2 aromatic rings. The van der Waals surface area contributed by atoms with Crippen LogP contribution in [0.4, 0.5) is 5.82 Å². The van der Waals surface area contributed by atoms with Crippen molar-refractivity contribution in [2.45, 2.75) is 25.4 Å². The van der Waals surface area contributed by atoms with Crippen molar-refractivity contribution >= 4 is 39.0 Å². The van der Waals surface area contributed by atoms with Crippen LogP contribution < -0.4 is 4.90 Å². The summed E-state index contributed by atoms with van der Waals surface area (Å²) >= 11 is 7.53. The summed E-state index contributed by atoms with van der Waals surface area (Å²) in [4.78, 5) is 11.7. The first-order chi connectivity index (χ1) is 8.55. The zero-order valence-corrected chi connectivity index (χ0v) is 11.6. The van der Waals surface area contributed by atoms with Gasteiger partial charge in [-0.1, -0.05) is 0 Å². The number of aliphatic hydroxyl groups is 1. The maximum Gasteiger partial charge on any atom is 0.225 e. The van der Waals surface area contributed by atoms with Gasteiger partial charge in [-0.3, -0.25) is 0 Å². The van der Waals surface area contributed by atoms with Gasteiger partial charge in [-0.05, 0) is 42.8 Å². The molecule has 1 fully saturated rings. The minimum atomic E-state index is -0.554. The molecule has 0 amide bonds. The van der Waals surface area contributed by atoms with E-state index in [2.05, 4.69) is 14.9 Å². The van der Waals surface area contributed by atoms with Gasteiger partial charge in [0.1, 0.15) is 10.6 Å². The lowest BCUT2D eigenvalue weighted by Gasteiger charge is -2.36. The fraction of sp³-hybridized carbons (Fsp3) is 0.500. The molecule has 3 rings (SSSR count). The second kappa shape index (κ2) is 4.33. The van der Waals surface area contributed by atoms with E-state index in [1.54, 1.807) is 11.3 Å². The number of hydrogen-bond donors (Lipinski definition) is 1. The summed E-state index contributed by atoms with van der Waals surface area (Å²) in [6.07, 6.45) is 1.50. The van der Waals surface area contributed by atoms with Crippen molar-refractivity contribution in [2.24, 2.45) is 0 Å². The van der Waals surface area contributed by atoms with Gasteiger partial charge >= 0.3 is 0 Å². The Balaban J connectivity index is 1.97. The molecule has 0 bridgehead atoms. The Labute approximate surface area is 114 Å². The summed E-state index contributed by atoms with van der Waals surface area (Å²) in [5.41, 5.74) is -0.554. The molecule has 96 valence electrons. The minimum Gasteiger partial charge on any atom is -0.390 e. The third kappa shape index (κ3) is 2.18. The monoisotopic (exact) mass is 283 g/mol. The van der Waals surface area contributed by atoms with Gasteiger partial charge in [0.25, 0.3) is 0 Å². The van der Waals surface area contributed by atoms with E-state index in [-0.39, 0.29) is 5.28 Å². The fourth-order valence-electron chi connectivity index (χ4n) is 2.26. The summed E-state index contributed by atoms with van der Waals surface area (Å²) < 4.78 is 0. The Morgan fingerprint density at radius 3 is 2.83 bits per heavy atom. The molecule has 0 radical (unpaired) electrons. The maximum absolute atomic E-state index is 9.98. The molecular formula is C12H14ClN3OS. The molecule has 4 nitrogen and oxygen atoms in total. The quantitative estimate of drug-likeness (QED) is 0.818. The van der Waals surface area contributed by atoms with Crippen molar-refractivity contribution in [3.63, 3.8) is 0 Å². The molecule has 1 N–H and O–H groups in total. The molecule has 0 saturated carbocycles. The first kappa shape index (κ1) is 12.1. The lowest BCUT2D eigenvalue weighted by molar-refractivity contribution is 0.0350. The molecule has 0 aromatic carbocycles. The number of hydrogen-bond acceptors (Lipinski definition) is 5. The summed E-state index contributed by atoms with van der Waals surface area (Å²) in [7, 11) is 0. The van der Waals surface area contributed by atoms with Crippen LogP contribution in [0.15, 0.2) is 11.4 Å². The number of piperidine rings is 1. The smallest absolute Gasteiger partial charge is 0.225 e. The first-order valence-corrected chi connectivity index (χ1v) is 7.19. The van der Waals surface area contributed by atoms with Crippen molar-refractivity contribution in [1.29, 1.82) is 0 Å². The van der Waals surface area contributed by atoms with Gasteiger partial charge in [-0.15, -0.1) is 11.3 Å². The molecule has 6 heteroatoms. The van der Waals surface area contributed by atoms with Crippen LogP contribution in [0.3, 0.4) is 0 Å². The molecule has 0 aliphatic carbocycles. The number of thiophene rings is 1. The lowest BCUT2D eigenvalue weighted by atomic mass is 9.94. The van der Waals surface area contributed by atoms with Gasteiger partial charge in [-0.25, -0.2) is 4.98 Å². The molecular weight excluding hydrogens is 270 g/mol. The number of nitrogens with zero attached hydrogens (tertiary/aromatic N) is 3. The van der Waals surface area contributed by atoms with Crippen molar-refractivity contribution in [2.75, 3.05) is 18.0 Å². The van der Waals surface area contributed by atoms with E-state index in [1.165, 1.54) is 0 Å². The predicted octanol–water partition coefficient (Wildman–Crippen LogP) is 2.70. The molecule has 0 atom stereocenters. The van der Waals surface area contributed by atoms with Crippen molar-refractivity contribution < 1.29 is 5.11 Å². The zero-order valence-electron chi connectivity index (χ0n) is 10.1. The van der Waals surface area contributed by atoms with Gasteiger partial charge in [0.05, 0.1) is 11.0 Å². The summed E-state index contributed by atoms with van der Waals surface area (Å²) in [6, 6.07) is 2.03. The molecule has 2 aromatic heterocycles. The highest BCUT2D eigenvalue weighted by molar-refractivity contribution is 7.16. The number of fused-ring (bicyclic) bond motifs is 1. The van der Waals surface area contributed by atoms with Crippen LogP contribution in [-0.2, 0) is 0 Å². The third-order valence-electron chi connectivity index (χ3n) is 3.42. The Morgan fingerprint density at radius 1 is 1.39 bits per heavy atom. The molecule has 3 heterocycles.